The maximum atomic E-state index is 13.3. The first kappa shape index (κ1) is 21.2. The van der Waals surface area contributed by atoms with Crippen molar-refractivity contribution in [2.45, 2.75) is 56.6 Å². The molecule has 0 radical (unpaired) electrons. The van der Waals surface area contributed by atoms with E-state index in [9.17, 15) is 19.5 Å². The molecule has 5 unspecified atom stereocenters. The predicted molar refractivity (Wildman–Crippen MR) is 115 cm³/mol. The van der Waals surface area contributed by atoms with E-state index in [-0.39, 0.29) is 41.7 Å². The lowest BCUT2D eigenvalue weighted by Gasteiger charge is -2.32. The van der Waals surface area contributed by atoms with E-state index in [4.69, 9.17) is 0 Å². The van der Waals surface area contributed by atoms with E-state index in [1.807, 2.05) is 32.0 Å². The molecule has 0 bridgehead atoms. The van der Waals surface area contributed by atoms with Gasteiger partial charge in [-0.1, -0.05) is 38.5 Å². The van der Waals surface area contributed by atoms with Gasteiger partial charge >= 0.3 is 0 Å². The number of amides is 3. The predicted octanol–water partition coefficient (Wildman–Crippen LogP) is 1.77. The molecule has 3 aliphatic heterocycles. The summed E-state index contributed by atoms with van der Waals surface area (Å²) >= 11 is 1.59. The van der Waals surface area contributed by atoms with Crippen LogP contribution in [-0.4, -0.2) is 69.7 Å². The molecule has 0 saturated carbocycles. The van der Waals surface area contributed by atoms with Gasteiger partial charge in [-0.05, 0) is 30.4 Å². The highest BCUT2D eigenvalue weighted by atomic mass is 32.2. The standard InChI is InChI=1S/C22H29N3O4S/c1-3-13(2)18(21(29)24-10-6-7-14(24)11-26)23-19(27)17-12-30-22-16-9-5-4-8-15(16)20(28)25(17)22/h4-5,8-9,13-14,17-18,22,26H,3,6-7,10-12H2,1-2H3,(H,23,27). The minimum absolute atomic E-state index is 0.0438. The van der Waals surface area contributed by atoms with Gasteiger partial charge in [0.1, 0.15) is 17.5 Å². The number of hydrogen-bond donors (Lipinski definition) is 2. The molecule has 4 rings (SSSR count). The number of likely N-dealkylation sites (tertiary alicyclic amines) is 1. The SMILES string of the molecule is CCC(C)C(NC(=O)C1CSC2c3ccccc3C(=O)N12)C(=O)N1CCCC1CO. The first-order valence-corrected chi connectivity index (χ1v) is 11.8. The fourth-order valence-corrected chi connectivity index (χ4v) is 6.13. The second-order valence-electron chi connectivity index (χ2n) is 8.38. The topological polar surface area (TPSA) is 90.0 Å². The van der Waals surface area contributed by atoms with Crippen LogP contribution in [0.2, 0.25) is 0 Å². The van der Waals surface area contributed by atoms with Crippen LogP contribution in [0.4, 0.5) is 0 Å². The van der Waals surface area contributed by atoms with Crippen LogP contribution in [0.1, 0.15) is 54.4 Å². The van der Waals surface area contributed by atoms with Crippen LogP contribution in [-0.2, 0) is 9.59 Å². The molecule has 1 aromatic carbocycles. The highest BCUT2D eigenvalue weighted by Crippen LogP contribution is 2.48. The first-order valence-electron chi connectivity index (χ1n) is 10.7. The Hall–Kier alpha value is -2.06. The van der Waals surface area contributed by atoms with Gasteiger partial charge in [0.05, 0.1) is 12.6 Å². The minimum Gasteiger partial charge on any atom is -0.394 e. The quantitative estimate of drug-likeness (QED) is 0.717. The molecule has 0 aliphatic carbocycles. The summed E-state index contributed by atoms with van der Waals surface area (Å²) in [5, 5.41) is 12.4. The average Bonchev–Trinajstić information content (AvgIpc) is 3.47. The monoisotopic (exact) mass is 431 g/mol. The van der Waals surface area contributed by atoms with Crippen LogP contribution < -0.4 is 5.32 Å². The number of aliphatic hydroxyl groups is 1. The molecular formula is C22H29N3O4S. The van der Waals surface area contributed by atoms with E-state index < -0.39 is 12.1 Å². The van der Waals surface area contributed by atoms with Gasteiger partial charge in [-0.3, -0.25) is 14.4 Å². The molecule has 0 aromatic heterocycles. The molecule has 3 amide bonds. The summed E-state index contributed by atoms with van der Waals surface area (Å²) < 4.78 is 0. The lowest BCUT2D eigenvalue weighted by Crippen LogP contribution is -2.57. The van der Waals surface area contributed by atoms with Gasteiger partial charge in [-0.25, -0.2) is 0 Å². The van der Waals surface area contributed by atoms with E-state index in [1.54, 1.807) is 27.6 Å². The Bertz CT molecular complexity index is 847. The number of rotatable bonds is 6. The number of hydrogen-bond acceptors (Lipinski definition) is 5. The Morgan fingerprint density at radius 2 is 2.10 bits per heavy atom. The smallest absolute Gasteiger partial charge is 0.256 e. The molecule has 2 fully saturated rings. The van der Waals surface area contributed by atoms with Gasteiger partial charge in [-0.15, -0.1) is 11.8 Å². The van der Waals surface area contributed by atoms with Crippen molar-refractivity contribution in [2.24, 2.45) is 5.92 Å². The Morgan fingerprint density at radius 1 is 1.33 bits per heavy atom. The van der Waals surface area contributed by atoms with Crippen molar-refractivity contribution in [3.8, 4) is 0 Å². The van der Waals surface area contributed by atoms with Crippen molar-refractivity contribution < 1.29 is 19.5 Å². The number of fused-ring (bicyclic) bond motifs is 3. The van der Waals surface area contributed by atoms with Crippen LogP contribution >= 0.6 is 11.8 Å². The molecule has 1 aromatic rings. The average molecular weight is 432 g/mol. The summed E-state index contributed by atoms with van der Waals surface area (Å²) in [6, 6.07) is 6.07. The molecule has 8 heteroatoms. The summed E-state index contributed by atoms with van der Waals surface area (Å²) in [4.78, 5) is 42.8. The van der Waals surface area contributed by atoms with Crippen LogP contribution in [0.5, 0.6) is 0 Å². The highest BCUT2D eigenvalue weighted by Gasteiger charge is 2.49. The minimum atomic E-state index is -0.654. The van der Waals surface area contributed by atoms with E-state index >= 15 is 0 Å². The molecule has 0 spiro atoms. The Balaban J connectivity index is 1.51. The van der Waals surface area contributed by atoms with Crippen molar-refractivity contribution in [1.82, 2.24) is 15.1 Å². The van der Waals surface area contributed by atoms with E-state index in [2.05, 4.69) is 5.32 Å². The number of aliphatic hydroxyl groups excluding tert-OH is 1. The van der Waals surface area contributed by atoms with Gasteiger partial charge in [-0.2, -0.15) is 0 Å². The third-order valence-corrected chi connectivity index (χ3v) is 7.95. The van der Waals surface area contributed by atoms with Crippen LogP contribution in [0, 0.1) is 5.92 Å². The third-order valence-electron chi connectivity index (χ3n) is 6.64. The van der Waals surface area contributed by atoms with Crippen molar-refractivity contribution >= 4 is 29.5 Å². The molecule has 5 atom stereocenters. The molecular weight excluding hydrogens is 402 g/mol. The summed E-state index contributed by atoms with van der Waals surface area (Å²) in [5.41, 5.74) is 1.62. The Kier molecular flexibility index (Phi) is 6.06. The molecule has 3 aliphatic rings. The van der Waals surface area contributed by atoms with Gasteiger partial charge < -0.3 is 20.2 Å². The Morgan fingerprint density at radius 3 is 2.83 bits per heavy atom. The molecule has 3 heterocycles. The maximum Gasteiger partial charge on any atom is 0.256 e. The second kappa shape index (κ2) is 8.59. The van der Waals surface area contributed by atoms with E-state index in [0.717, 1.165) is 24.8 Å². The first-order chi connectivity index (χ1) is 14.5. The lowest BCUT2D eigenvalue weighted by atomic mass is 9.97. The van der Waals surface area contributed by atoms with Crippen LogP contribution in [0.15, 0.2) is 24.3 Å². The second-order valence-corrected chi connectivity index (χ2v) is 9.50. The summed E-state index contributed by atoms with van der Waals surface area (Å²) in [6.45, 7) is 4.49. The van der Waals surface area contributed by atoms with E-state index in [1.165, 1.54) is 0 Å². The number of carbonyl (C=O) groups is 3. The largest absolute Gasteiger partial charge is 0.394 e. The summed E-state index contributed by atoms with van der Waals surface area (Å²) in [6.07, 6.45) is 2.38. The number of benzene rings is 1. The maximum absolute atomic E-state index is 13.3. The molecule has 30 heavy (non-hydrogen) atoms. The number of thioether (sulfide) groups is 1. The Labute approximate surface area is 181 Å². The zero-order chi connectivity index (χ0) is 21.4. The van der Waals surface area contributed by atoms with Gasteiger partial charge in [0, 0.05) is 17.9 Å². The zero-order valence-electron chi connectivity index (χ0n) is 17.4. The van der Waals surface area contributed by atoms with Crippen molar-refractivity contribution in [1.29, 1.82) is 0 Å². The fourth-order valence-electron chi connectivity index (χ4n) is 4.67. The van der Waals surface area contributed by atoms with Crippen molar-refractivity contribution in [2.75, 3.05) is 18.9 Å². The number of nitrogens with one attached hydrogen (secondary N) is 1. The number of carbonyl (C=O) groups excluding carboxylic acids is 3. The van der Waals surface area contributed by atoms with Gasteiger partial charge in [0.15, 0.2) is 0 Å². The summed E-state index contributed by atoms with van der Waals surface area (Å²) in [5.74, 6) is -0.0529. The van der Waals surface area contributed by atoms with Crippen LogP contribution in [0.25, 0.3) is 0 Å². The van der Waals surface area contributed by atoms with Gasteiger partial charge in [0.25, 0.3) is 5.91 Å². The molecule has 2 saturated heterocycles. The van der Waals surface area contributed by atoms with Crippen molar-refractivity contribution in [3.63, 3.8) is 0 Å². The van der Waals surface area contributed by atoms with Gasteiger partial charge in [0.2, 0.25) is 11.8 Å². The number of nitrogens with zero attached hydrogens (tertiary/aromatic N) is 2. The summed E-state index contributed by atoms with van der Waals surface area (Å²) in [7, 11) is 0. The normalized spacial score (nSPS) is 27.0. The highest BCUT2D eigenvalue weighted by molar-refractivity contribution is 7.99. The molecule has 162 valence electrons. The fraction of sp³-hybridized carbons (Fsp3) is 0.591. The van der Waals surface area contributed by atoms with Crippen molar-refractivity contribution in [3.05, 3.63) is 35.4 Å². The molecule has 7 nitrogen and oxygen atoms in total. The zero-order valence-corrected chi connectivity index (χ0v) is 18.2. The molecule has 2 N–H and O–H groups in total. The van der Waals surface area contributed by atoms with Crippen LogP contribution in [0.3, 0.4) is 0 Å². The lowest BCUT2D eigenvalue weighted by molar-refractivity contribution is -0.140. The van der Waals surface area contributed by atoms with E-state index in [0.29, 0.717) is 17.9 Å². The third kappa shape index (κ3) is 3.50.